The maximum atomic E-state index is 12.7. The van der Waals surface area contributed by atoms with Gasteiger partial charge in [-0.1, -0.05) is 18.6 Å². The number of piperazine rings is 1. The molecule has 0 aliphatic carbocycles. The highest BCUT2D eigenvalue weighted by molar-refractivity contribution is 7.89. The number of piperidine rings is 1. The molecule has 1 aromatic rings. The molecule has 0 spiro atoms. The summed E-state index contributed by atoms with van der Waals surface area (Å²) < 4.78 is 27.0. The van der Waals surface area contributed by atoms with Gasteiger partial charge in [0.25, 0.3) is 0 Å². The van der Waals surface area contributed by atoms with Crippen LogP contribution in [0.1, 0.15) is 24.8 Å². The van der Waals surface area contributed by atoms with Crippen LogP contribution < -0.4 is 0 Å². The summed E-state index contributed by atoms with van der Waals surface area (Å²) in [6.45, 7) is 3.04. The largest absolute Gasteiger partial charge is 0.392 e. The molecule has 0 amide bonds. The van der Waals surface area contributed by atoms with Crippen molar-refractivity contribution < 1.29 is 13.5 Å². The Kier molecular flexibility index (Phi) is 4.31. The van der Waals surface area contributed by atoms with Gasteiger partial charge in [-0.25, -0.2) is 8.42 Å². The van der Waals surface area contributed by atoms with Gasteiger partial charge < -0.3 is 5.11 Å². The van der Waals surface area contributed by atoms with Crippen LogP contribution in [-0.4, -0.2) is 55.0 Å². The molecule has 0 radical (unpaired) electrons. The summed E-state index contributed by atoms with van der Waals surface area (Å²) in [6.07, 6.45) is 3.52. The Morgan fingerprint density at radius 1 is 1.10 bits per heavy atom. The van der Waals surface area contributed by atoms with E-state index in [2.05, 4.69) is 4.90 Å². The summed E-state index contributed by atoms with van der Waals surface area (Å²) in [4.78, 5) is 2.74. The Balaban J connectivity index is 1.78. The molecule has 0 aromatic heterocycles. The van der Waals surface area contributed by atoms with Crippen LogP contribution >= 0.6 is 0 Å². The molecule has 1 aromatic carbocycles. The monoisotopic (exact) mass is 310 g/mol. The third-order valence-corrected chi connectivity index (χ3v) is 6.42. The number of hydrogen-bond acceptors (Lipinski definition) is 4. The van der Waals surface area contributed by atoms with Crippen molar-refractivity contribution in [1.29, 1.82) is 0 Å². The minimum atomic E-state index is -3.41. The predicted molar refractivity (Wildman–Crippen MR) is 80.3 cm³/mol. The first-order chi connectivity index (χ1) is 10.1. The number of aliphatic hydroxyl groups excluding tert-OH is 1. The fourth-order valence-electron chi connectivity index (χ4n) is 3.26. The van der Waals surface area contributed by atoms with Crippen molar-refractivity contribution in [3.05, 3.63) is 29.8 Å². The molecule has 1 atom stereocenters. The van der Waals surface area contributed by atoms with E-state index >= 15 is 0 Å². The van der Waals surface area contributed by atoms with Crippen LogP contribution in [0.25, 0.3) is 0 Å². The molecule has 21 heavy (non-hydrogen) atoms. The summed E-state index contributed by atoms with van der Waals surface area (Å²) in [5.41, 5.74) is 0.728. The van der Waals surface area contributed by atoms with Crippen LogP contribution in [0.3, 0.4) is 0 Å². The van der Waals surface area contributed by atoms with E-state index in [-0.39, 0.29) is 6.61 Å². The number of sulfonamides is 1. The maximum Gasteiger partial charge on any atom is 0.243 e. The first-order valence-corrected chi connectivity index (χ1v) is 8.99. The van der Waals surface area contributed by atoms with E-state index in [4.69, 9.17) is 5.11 Å². The van der Waals surface area contributed by atoms with Crippen molar-refractivity contribution >= 4 is 10.0 Å². The molecule has 0 bridgehead atoms. The van der Waals surface area contributed by atoms with E-state index in [1.807, 2.05) is 0 Å². The van der Waals surface area contributed by atoms with Crippen LogP contribution in [0.5, 0.6) is 0 Å². The third kappa shape index (κ3) is 2.99. The molecule has 2 fully saturated rings. The molecule has 2 heterocycles. The van der Waals surface area contributed by atoms with Gasteiger partial charge in [-0.15, -0.1) is 0 Å². The minimum absolute atomic E-state index is 0.0684. The van der Waals surface area contributed by atoms with Gasteiger partial charge in [0.05, 0.1) is 11.5 Å². The summed E-state index contributed by atoms with van der Waals surface area (Å²) >= 11 is 0. The topological polar surface area (TPSA) is 60.9 Å². The lowest BCUT2D eigenvalue weighted by atomic mass is 10.0. The predicted octanol–water partition coefficient (Wildman–Crippen LogP) is 1.04. The van der Waals surface area contributed by atoms with Crippen LogP contribution in [0, 0.1) is 0 Å². The van der Waals surface area contributed by atoms with Crippen LogP contribution in [0.2, 0.25) is 0 Å². The van der Waals surface area contributed by atoms with E-state index in [0.29, 0.717) is 24.0 Å². The van der Waals surface area contributed by atoms with Gasteiger partial charge in [-0.3, -0.25) is 4.90 Å². The number of rotatable bonds is 3. The first kappa shape index (κ1) is 15.0. The Hall–Kier alpha value is -0.950. The molecule has 1 unspecified atom stereocenters. The Morgan fingerprint density at radius 3 is 2.57 bits per heavy atom. The molecule has 1 N–H and O–H groups in total. The SMILES string of the molecule is O=S(=O)(c1ccc(CO)cc1)N1CCN2CCCCC2C1. The minimum Gasteiger partial charge on any atom is -0.392 e. The molecule has 116 valence electrons. The summed E-state index contributed by atoms with van der Waals surface area (Å²) in [7, 11) is -3.41. The molecule has 2 saturated heterocycles. The van der Waals surface area contributed by atoms with E-state index in [9.17, 15) is 8.42 Å². The lowest BCUT2D eigenvalue weighted by molar-refractivity contribution is 0.0852. The molecule has 2 aliphatic heterocycles. The van der Waals surface area contributed by atoms with Crippen molar-refractivity contribution in [2.24, 2.45) is 0 Å². The van der Waals surface area contributed by atoms with E-state index in [0.717, 1.165) is 25.1 Å². The smallest absolute Gasteiger partial charge is 0.243 e. The van der Waals surface area contributed by atoms with Crippen LogP contribution in [-0.2, 0) is 16.6 Å². The number of nitrogens with zero attached hydrogens (tertiary/aromatic N) is 2. The highest BCUT2D eigenvalue weighted by Gasteiger charge is 2.34. The molecule has 3 rings (SSSR count). The van der Waals surface area contributed by atoms with Crippen LogP contribution in [0.15, 0.2) is 29.2 Å². The van der Waals surface area contributed by atoms with Crippen molar-refractivity contribution in [3.63, 3.8) is 0 Å². The second-order valence-corrected chi connectivity index (χ2v) is 7.79. The zero-order chi connectivity index (χ0) is 14.9. The number of benzene rings is 1. The van der Waals surface area contributed by atoms with E-state index in [1.165, 1.54) is 12.8 Å². The molecular weight excluding hydrogens is 288 g/mol. The van der Waals surface area contributed by atoms with Crippen molar-refractivity contribution in [2.75, 3.05) is 26.2 Å². The number of hydrogen-bond donors (Lipinski definition) is 1. The Labute approximate surface area is 126 Å². The molecule has 2 aliphatic rings. The fraction of sp³-hybridized carbons (Fsp3) is 0.600. The zero-order valence-corrected chi connectivity index (χ0v) is 12.9. The molecular formula is C15H22N2O3S. The lowest BCUT2D eigenvalue weighted by Crippen LogP contribution is -2.56. The number of fused-ring (bicyclic) bond motifs is 1. The van der Waals surface area contributed by atoms with Gasteiger partial charge in [0.2, 0.25) is 10.0 Å². The highest BCUT2D eigenvalue weighted by Crippen LogP contribution is 2.25. The average Bonchev–Trinajstić information content (AvgIpc) is 2.54. The van der Waals surface area contributed by atoms with Crippen molar-refractivity contribution in [2.45, 2.75) is 36.8 Å². The van der Waals surface area contributed by atoms with Crippen LogP contribution in [0.4, 0.5) is 0 Å². The third-order valence-electron chi connectivity index (χ3n) is 4.54. The van der Waals surface area contributed by atoms with Gasteiger partial charge >= 0.3 is 0 Å². The Bertz CT molecular complexity index is 585. The second-order valence-electron chi connectivity index (χ2n) is 5.85. The van der Waals surface area contributed by atoms with Gasteiger partial charge in [0, 0.05) is 25.7 Å². The molecule has 5 nitrogen and oxygen atoms in total. The van der Waals surface area contributed by atoms with E-state index in [1.54, 1.807) is 28.6 Å². The first-order valence-electron chi connectivity index (χ1n) is 7.55. The van der Waals surface area contributed by atoms with Gasteiger partial charge in [-0.2, -0.15) is 4.31 Å². The van der Waals surface area contributed by atoms with E-state index < -0.39 is 10.0 Å². The summed E-state index contributed by atoms with van der Waals surface area (Å²) in [5.74, 6) is 0. The zero-order valence-electron chi connectivity index (χ0n) is 12.1. The second kappa shape index (κ2) is 6.04. The maximum absolute atomic E-state index is 12.7. The standard InChI is InChI=1S/C15H22N2O3S/c18-12-13-4-6-15(7-5-13)21(19,20)17-10-9-16-8-2-1-3-14(16)11-17/h4-7,14,18H,1-3,8-12H2. The van der Waals surface area contributed by atoms with Gasteiger partial charge in [-0.05, 0) is 37.1 Å². The van der Waals surface area contributed by atoms with Crippen molar-refractivity contribution in [3.8, 4) is 0 Å². The Morgan fingerprint density at radius 2 is 1.86 bits per heavy atom. The highest BCUT2D eigenvalue weighted by atomic mass is 32.2. The molecule has 6 heteroatoms. The number of aliphatic hydroxyl groups is 1. The average molecular weight is 310 g/mol. The summed E-state index contributed by atoms with van der Waals surface area (Å²) in [6, 6.07) is 6.90. The normalized spacial score (nSPS) is 24.7. The quantitative estimate of drug-likeness (QED) is 0.906. The fourth-order valence-corrected chi connectivity index (χ4v) is 4.73. The van der Waals surface area contributed by atoms with Gasteiger partial charge in [0.15, 0.2) is 0 Å². The molecule has 0 saturated carbocycles. The van der Waals surface area contributed by atoms with Crippen molar-refractivity contribution in [1.82, 2.24) is 9.21 Å². The van der Waals surface area contributed by atoms with Gasteiger partial charge in [0.1, 0.15) is 0 Å². The summed E-state index contributed by atoms with van der Waals surface area (Å²) in [5, 5.41) is 9.04. The lowest BCUT2D eigenvalue weighted by Gasteiger charge is -2.43.